The SMILES string of the molecule is CC(Nc1cccc(C#N)n1)C1CCCNC1. The van der Waals surface area contributed by atoms with Gasteiger partial charge in [0.05, 0.1) is 0 Å². The van der Waals surface area contributed by atoms with Crippen molar-refractivity contribution in [2.24, 2.45) is 5.92 Å². The molecule has 17 heavy (non-hydrogen) atoms. The summed E-state index contributed by atoms with van der Waals surface area (Å²) in [6.07, 6.45) is 2.49. The Morgan fingerprint density at radius 1 is 1.59 bits per heavy atom. The van der Waals surface area contributed by atoms with Crippen molar-refractivity contribution in [2.75, 3.05) is 18.4 Å². The third-order valence-corrected chi connectivity index (χ3v) is 3.28. The molecule has 2 atom stereocenters. The van der Waals surface area contributed by atoms with Crippen molar-refractivity contribution in [3.63, 3.8) is 0 Å². The molecule has 1 aromatic heterocycles. The lowest BCUT2D eigenvalue weighted by Gasteiger charge is -2.29. The first kappa shape index (κ1) is 11.9. The number of rotatable bonds is 3. The number of nitrogens with one attached hydrogen (secondary N) is 2. The minimum absolute atomic E-state index is 0.379. The summed E-state index contributed by atoms with van der Waals surface area (Å²) in [5.74, 6) is 1.43. The van der Waals surface area contributed by atoms with Crippen LogP contribution in [0.15, 0.2) is 18.2 Å². The number of nitrogens with zero attached hydrogens (tertiary/aromatic N) is 2. The minimum Gasteiger partial charge on any atom is -0.367 e. The predicted molar refractivity (Wildman–Crippen MR) is 67.6 cm³/mol. The van der Waals surface area contributed by atoms with E-state index < -0.39 is 0 Å². The highest BCUT2D eigenvalue weighted by Crippen LogP contribution is 2.17. The van der Waals surface area contributed by atoms with Gasteiger partial charge < -0.3 is 10.6 Å². The second kappa shape index (κ2) is 5.65. The van der Waals surface area contributed by atoms with Crippen molar-refractivity contribution >= 4 is 5.82 Å². The van der Waals surface area contributed by atoms with E-state index in [2.05, 4.69) is 28.6 Å². The lowest BCUT2D eigenvalue weighted by molar-refractivity contribution is 0.346. The fourth-order valence-electron chi connectivity index (χ4n) is 2.23. The molecule has 0 saturated carbocycles. The maximum Gasteiger partial charge on any atom is 0.142 e. The molecule has 2 heterocycles. The fraction of sp³-hybridized carbons (Fsp3) is 0.538. The van der Waals surface area contributed by atoms with Crippen molar-refractivity contribution in [1.29, 1.82) is 5.26 Å². The maximum atomic E-state index is 8.79. The molecule has 1 aromatic rings. The Kier molecular flexibility index (Phi) is 3.94. The first-order chi connectivity index (χ1) is 8.29. The van der Waals surface area contributed by atoms with Crippen LogP contribution in [0.3, 0.4) is 0 Å². The van der Waals surface area contributed by atoms with Crippen LogP contribution in [-0.2, 0) is 0 Å². The van der Waals surface area contributed by atoms with Gasteiger partial charge in [-0.2, -0.15) is 5.26 Å². The molecule has 0 amide bonds. The molecule has 2 unspecified atom stereocenters. The molecular formula is C13H18N4. The van der Waals surface area contributed by atoms with E-state index in [9.17, 15) is 0 Å². The van der Waals surface area contributed by atoms with Gasteiger partial charge in [-0.15, -0.1) is 0 Å². The van der Waals surface area contributed by atoms with Crippen LogP contribution in [0.1, 0.15) is 25.5 Å². The predicted octanol–water partition coefficient (Wildman–Crippen LogP) is 1.75. The Labute approximate surface area is 102 Å². The molecule has 0 aliphatic carbocycles. The van der Waals surface area contributed by atoms with E-state index in [-0.39, 0.29) is 0 Å². The summed E-state index contributed by atoms with van der Waals surface area (Å²) in [5.41, 5.74) is 0.462. The zero-order valence-electron chi connectivity index (χ0n) is 10.1. The van der Waals surface area contributed by atoms with Gasteiger partial charge in [-0.25, -0.2) is 4.98 Å². The first-order valence-corrected chi connectivity index (χ1v) is 6.14. The standard InChI is InChI=1S/C13H18N4/c1-10(11-4-3-7-15-9-11)16-13-6-2-5-12(8-14)17-13/h2,5-6,10-11,15H,3-4,7,9H2,1H3,(H,16,17). The number of pyridine rings is 1. The van der Waals surface area contributed by atoms with E-state index in [1.54, 1.807) is 6.07 Å². The molecule has 0 spiro atoms. The number of hydrogen-bond donors (Lipinski definition) is 2. The third-order valence-electron chi connectivity index (χ3n) is 3.28. The Balaban J connectivity index is 1.97. The highest BCUT2D eigenvalue weighted by Gasteiger charge is 2.19. The van der Waals surface area contributed by atoms with E-state index in [0.717, 1.165) is 18.9 Å². The van der Waals surface area contributed by atoms with Crippen LogP contribution in [0.5, 0.6) is 0 Å². The van der Waals surface area contributed by atoms with Gasteiger partial charge in [0.2, 0.25) is 0 Å². The molecule has 4 heteroatoms. The second-order valence-electron chi connectivity index (χ2n) is 4.56. The van der Waals surface area contributed by atoms with Crippen LogP contribution in [0.2, 0.25) is 0 Å². The minimum atomic E-state index is 0.379. The molecule has 4 nitrogen and oxygen atoms in total. The van der Waals surface area contributed by atoms with Crippen LogP contribution in [-0.4, -0.2) is 24.1 Å². The lowest BCUT2D eigenvalue weighted by Crippen LogP contribution is -2.38. The molecule has 90 valence electrons. The third kappa shape index (κ3) is 3.18. The summed E-state index contributed by atoms with van der Waals surface area (Å²) in [6.45, 7) is 4.37. The number of anilines is 1. The van der Waals surface area contributed by atoms with Crippen LogP contribution < -0.4 is 10.6 Å². The van der Waals surface area contributed by atoms with Gasteiger partial charge >= 0.3 is 0 Å². The number of hydrogen-bond acceptors (Lipinski definition) is 4. The Bertz CT molecular complexity index is 404. The average molecular weight is 230 g/mol. The molecule has 2 N–H and O–H groups in total. The van der Waals surface area contributed by atoms with E-state index in [1.807, 2.05) is 12.1 Å². The zero-order valence-corrected chi connectivity index (χ0v) is 10.1. The summed E-state index contributed by atoms with van der Waals surface area (Å²) in [4.78, 5) is 4.23. The molecule has 1 aliphatic rings. The quantitative estimate of drug-likeness (QED) is 0.830. The van der Waals surface area contributed by atoms with E-state index in [1.165, 1.54) is 12.8 Å². The van der Waals surface area contributed by atoms with Gasteiger partial charge in [0.25, 0.3) is 0 Å². The number of piperidine rings is 1. The first-order valence-electron chi connectivity index (χ1n) is 6.14. The summed E-state index contributed by atoms with van der Waals surface area (Å²) in [7, 11) is 0. The van der Waals surface area contributed by atoms with Crippen molar-refractivity contribution in [2.45, 2.75) is 25.8 Å². The highest BCUT2D eigenvalue weighted by atomic mass is 15.0. The van der Waals surface area contributed by atoms with Crippen molar-refractivity contribution in [3.05, 3.63) is 23.9 Å². The molecule has 1 saturated heterocycles. The molecule has 0 radical (unpaired) electrons. The maximum absolute atomic E-state index is 8.79. The van der Waals surface area contributed by atoms with Gasteiger partial charge in [-0.05, 0) is 50.9 Å². The summed E-state index contributed by atoms with van der Waals surface area (Å²) in [5, 5.41) is 15.6. The second-order valence-corrected chi connectivity index (χ2v) is 4.56. The normalized spacial score (nSPS) is 21.5. The number of nitriles is 1. The van der Waals surface area contributed by atoms with Crippen molar-refractivity contribution in [1.82, 2.24) is 10.3 Å². The molecule has 1 aliphatic heterocycles. The Morgan fingerprint density at radius 2 is 2.47 bits per heavy atom. The molecule has 1 fully saturated rings. The van der Waals surface area contributed by atoms with Crippen LogP contribution in [0.25, 0.3) is 0 Å². The van der Waals surface area contributed by atoms with Gasteiger partial charge in [0, 0.05) is 6.04 Å². The van der Waals surface area contributed by atoms with E-state index in [4.69, 9.17) is 5.26 Å². The van der Waals surface area contributed by atoms with E-state index in [0.29, 0.717) is 17.7 Å². The number of aromatic nitrogens is 1. The summed E-state index contributed by atoms with van der Waals surface area (Å²) in [6, 6.07) is 7.93. The zero-order chi connectivity index (χ0) is 12.1. The fourth-order valence-corrected chi connectivity index (χ4v) is 2.23. The van der Waals surface area contributed by atoms with Gasteiger partial charge in [-0.1, -0.05) is 6.07 Å². The monoisotopic (exact) mass is 230 g/mol. The molecule has 2 rings (SSSR count). The molecular weight excluding hydrogens is 212 g/mol. The Morgan fingerprint density at radius 3 is 3.18 bits per heavy atom. The van der Waals surface area contributed by atoms with Crippen LogP contribution in [0.4, 0.5) is 5.82 Å². The lowest BCUT2D eigenvalue weighted by atomic mass is 9.93. The molecule has 0 bridgehead atoms. The summed E-state index contributed by atoms with van der Waals surface area (Å²) < 4.78 is 0. The summed E-state index contributed by atoms with van der Waals surface area (Å²) >= 11 is 0. The van der Waals surface area contributed by atoms with Gasteiger partial charge in [-0.3, -0.25) is 0 Å². The van der Waals surface area contributed by atoms with Crippen molar-refractivity contribution < 1.29 is 0 Å². The van der Waals surface area contributed by atoms with E-state index >= 15 is 0 Å². The van der Waals surface area contributed by atoms with Gasteiger partial charge in [0.1, 0.15) is 17.6 Å². The van der Waals surface area contributed by atoms with Crippen LogP contribution >= 0.6 is 0 Å². The Hall–Kier alpha value is -1.60. The highest BCUT2D eigenvalue weighted by molar-refractivity contribution is 5.39. The largest absolute Gasteiger partial charge is 0.367 e. The molecule has 0 aromatic carbocycles. The van der Waals surface area contributed by atoms with Crippen LogP contribution in [0, 0.1) is 17.2 Å². The van der Waals surface area contributed by atoms with Gasteiger partial charge in [0.15, 0.2) is 0 Å². The smallest absolute Gasteiger partial charge is 0.142 e. The topological polar surface area (TPSA) is 60.7 Å². The average Bonchev–Trinajstić information content (AvgIpc) is 2.40. The van der Waals surface area contributed by atoms with Crippen molar-refractivity contribution in [3.8, 4) is 6.07 Å².